The van der Waals surface area contributed by atoms with Gasteiger partial charge in [-0.3, -0.25) is 14.7 Å². The van der Waals surface area contributed by atoms with Gasteiger partial charge in [0, 0.05) is 12.1 Å². The van der Waals surface area contributed by atoms with Crippen molar-refractivity contribution in [1.29, 1.82) is 0 Å². The number of aromatic amines is 2. The quantitative estimate of drug-likeness (QED) is 0.896. The van der Waals surface area contributed by atoms with Gasteiger partial charge in [0.25, 0.3) is 11.5 Å². The molecule has 3 rings (SSSR count). The van der Waals surface area contributed by atoms with E-state index in [0.29, 0.717) is 19.5 Å². The Hall–Kier alpha value is -2.50. The first-order valence-electron chi connectivity index (χ1n) is 7.31. The van der Waals surface area contributed by atoms with Crippen LogP contribution < -0.4 is 10.3 Å². The van der Waals surface area contributed by atoms with Crippen LogP contribution in [0.15, 0.2) is 23.0 Å². The summed E-state index contributed by atoms with van der Waals surface area (Å²) in [5.74, 6) is 0.662. The van der Waals surface area contributed by atoms with E-state index in [9.17, 15) is 9.59 Å². The number of H-pyrrole nitrogens is 2. The fourth-order valence-electron chi connectivity index (χ4n) is 2.66. The highest BCUT2D eigenvalue weighted by molar-refractivity contribution is 5.78. The second-order valence-electron chi connectivity index (χ2n) is 5.59. The zero-order chi connectivity index (χ0) is 15.7. The van der Waals surface area contributed by atoms with E-state index in [2.05, 4.69) is 10.2 Å². The van der Waals surface area contributed by atoms with Gasteiger partial charge in [-0.1, -0.05) is 12.1 Å². The summed E-state index contributed by atoms with van der Waals surface area (Å²) in [5.41, 5.74) is 3.63. The van der Waals surface area contributed by atoms with E-state index in [1.807, 2.05) is 32.0 Å². The zero-order valence-electron chi connectivity index (χ0n) is 12.7. The summed E-state index contributed by atoms with van der Waals surface area (Å²) in [6.07, 6.45) is 0.573. The molecule has 2 aromatic rings. The molecule has 0 saturated heterocycles. The smallest absolute Gasteiger partial charge is 0.267 e. The molecule has 0 bridgehead atoms. The van der Waals surface area contributed by atoms with Crippen LogP contribution >= 0.6 is 0 Å². The van der Waals surface area contributed by atoms with Gasteiger partial charge in [0.15, 0.2) is 6.61 Å². The maximum Gasteiger partial charge on any atom is 0.267 e. The van der Waals surface area contributed by atoms with Crippen LogP contribution in [-0.4, -0.2) is 34.2 Å². The van der Waals surface area contributed by atoms with Crippen LogP contribution in [0.5, 0.6) is 5.75 Å². The molecule has 0 unspecified atom stereocenters. The molecule has 0 radical (unpaired) electrons. The molecule has 0 spiro atoms. The monoisotopic (exact) mass is 301 g/mol. The molecule has 22 heavy (non-hydrogen) atoms. The van der Waals surface area contributed by atoms with Gasteiger partial charge in [-0.25, -0.2) is 0 Å². The van der Waals surface area contributed by atoms with E-state index in [4.69, 9.17) is 4.74 Å². The van der Waals surface area contributed by atoms with Gasteiger partial charge < -0.3 is 14.7 Å². The predicted molar refractivity (Wildman–Crippen MR) is 81.9 cm³/mol. The molecule has 1 amide bonds. The number of fused-ring (bicyclic) bond motifs is 1. The number of benzene rings is 1. The van der Waals surface area contributed by atoms with Gasteiger partial charge >= 0.3 is 0 Å². The molecule has 1 aliphatic rings. The molecular formula is C16H19N3O3. The maximum absolute atomic E-state index is 12.3. The van der Waals surface area contributed by atoms with Crippen molar-refractivity contribution in [2.24, 2.45) is 0 Å². The Morgan fingerprint density at radius 3 is 2.95 bits per heavy atom. The summed E-state index contributed by atoms with van der Waals surface area (Å²) < 4.78 is 5.65. The molecule has 6 heteroatoms. The van der Waals surface area contributed by atoms with Gasteiger partial charge in [-0.05, 0) is 37.5 Å². The molecule has 0 aliphatic carbocycles. The first-order chi connectivity index (χ1) is 10.6. The number of aromatic nitrogens is 2. The summed E-state index contributed by atoms with van der Waals surface area (Å²) in [7, 11) is 0. The minimum absolute atomic E-state index is 0.00822. The van der Waals surface area contributed by atoms with Crippen LogP contribution in [0.25, 0.3) is 0 Å². The lowest BCUT2D eigenvalue weighted by Crippen LogP contribution is -2.39. The SMILES string of the molecule is Cc1cccc(OCC(=O)N2CCc3c([nH][nH]c3=O)C2)c1C. The summed E-state index contributed by atoms with van der Waals surface area (Å²) >= 11 is 0. The summed E-state index contributed by atoms with van der Waals surface area (Å²) in [6, 6.07) is 5.80. The number of hydrogen-bond donors (Lipinski definition) is 2. The molecule has 2 heterocycles. The number of carbonyl (C=O) groups excluding carboxylic acids is 1. The van der Waals surface area contributed by atoms with E-state index >= 15 is 0 Å². The molecule has 6 nitrogen and oxygen atoms in total. The van der Waals surface area contributed by atoms with Crippen molar-refractivity contribution in [2.75, 3.05) is 13.2 Å². The normalized spacial score (nSPS) is 13.8. The minimum atomic E-state index is -0.0891. The van der Waals surface area contributed by atoms with Crippen molar-refractivity contribution in [3.63, 3.8) is 0 Å². The van der Waals surface area contributed by atoms with Crippen LogP contribution in [0.4, 0.5) is 0 Å². The van der Waals surface area contributed by atoms with Gasteiger partial charge in [-0.15, -0.1) is 0 Å². The lowest BCUT2D eigenvalue weighted by atomic mass is 10.1. The van der Waals surface area contributed by atoms with Crippen molar-refractivity contribution in [3.05, 3.63) is 50.9 Å². The third kappa shape index (κ3) is 2.64. The second kappa shape index (κ2) is 5.71. The number of aryl methyl sites for hydroxylation is 1. The second-order valence-corrected chi connectivity index (χ2v) is 5.59. The predicted octanol–water partition coefficient (Wildman–Crippen LogP) is 1.28. The highest BCUT2D eigenvalue weighted by Crippen LogP contribution is 2.21. The molecule has 0 fully saturated rings. The number of carbonyl (C=O) groups is 1. The van der Waals surface area contributed by atoms with Crippen LogP contribution in [0.3, 0.4) is 0 Å². The molecule has 2 N–H and O–H groups in total. The lowest BCUT2D eigenvalue weighted by molar-refractivity contribution is -0.134. The largest absolute Gasteiger partial charge is 0.483 e. The fourth-order valence-corrected chi connectivity index (χ4v) is 2.66. The number of ether oxygens (including phenoxy) is 1. The first-order valence-corrected chi connectivity index (χ1v) is 7.31. The van der Waals surface area contributed by atoms with E-state index in [0.717, 1.165) is 28.1 Å². The highest BCUT2D eigenvalue weighted by atomic mass is 16.5. The Morgan fingerprint density at radius 2 is 2.14 bits per heavy atom. The minimum Gasteiger partial charge on any atom is -0.483 e. The average molecular weight is 301 g/mol. The first kappa shape index (κ1) is 14.4. The number of nitrogens with one attached hydrogen (secondary N) is 2. The van der Waals surface area contributed by atoms with Crippen LogP contribution in [0.1, 0.15) is 22.4 Å². The van der Waals surface area contributed by atoms with Gasteiger partial charge in [0.2, 0.25) is 0 Å². The van der Waals surface area contributed by atoms with Crippen LogP contribution in [0.2, 0.25) is 0 Å². The lowest BCUT2D eigenvalue weighted by Gasteiger charge is -2.26. The van der Waals surface area contributed by atoms with Crippen molar-refractivity contribution in [2.45, 2.75) is 26.8 Å². The maximum atomic E-state index is 12.3. The Morgan fingerprint density at radius 1 is 1.32 bits per heavy atom. The van der Waals surface area contributed by atoms with E-state index in [-0.39, 0.29) is 18.1 Å². The molecule has 1 aromatic heterocycles. The zero-order valence-corrected chi connectivity index (χ0v) is 12.7. The summed E-state index contributed by atoms with van der Waals surface area (Å²) in [5, 5.41) is 5.39. The summed E-state index contributed by atoms with van der Waals surface area (Å²) in [4.78, 5) is 25.5. The molecule has 0 atom stereocenters. The topological polar surface area (TPSA) is 78.2 Å². The van der Waals surface area contributed by atoms with Crippen molar-refractivity contribution in [1.82, 2.24) is 15.1 Å². The third-order valence-corrected chi connectivity index (χ3v) is 4.20. The Kier molecular flexibility index (Phi) is 3.75. The molecule has 1 aliphatic heterocycles. The van der Waals surface area contributed by atoms with E-state index in [1.54, 1.807) is 4.90 Å². The van der Waals surface area contributed by atoms with Crippen molar-refractivity contribution in [3.8, 4) is 5.75 Å². The van der Waals surface area contributed by atoms with Gasteiger partial charge in [0.05, 0.1) is 12.2 Å². The molecule has 1 aromatic carbocycles. The average Bonchev–Trinajstić information content (AvgIpc) is 2.89. The number of hydrogen-bond acceptors (Lipinski definition) is 3. The number of amides is 1. The standard InChI is InChI=1S/C16H19N3O3/c1-10-4-3-5-14(11(10)2)22-9-15(20)19-7-6-12-13(8-19)17-18-16(12)21/h3-5H,6-9H2,1-2H3,(H2,17,18,21). The van der Waals surface area contributed by atoms with E-state index < -0.39 is 0 Å². The molecule has 116 valence electrons. The number of nitrogens with zero attached hydrogens (tertiary/aromatic N) is 1. The van der Waals surface area contributed by atoms with Crippen LogP contribution in [-0.2, 0) is 17.8 Å². The summed E-state index contributed by atoms with van der Waals surface area (Å²) in [6.45, 7) is 4.96. The van der Waals surface area contributed by atoms with Crippen molar-refractivity contribution < 1.29 is 9.53 Å². The van der Waals surface area contributed by atoms with Gasteiger partial charge in [0.1, 0.15) is 5.75 Å². The van der Waals surface area contributed by atoms with E-state index in [1.165, 1.54) is 0 Å². The van der Waals surface area contributed by atoms with Gasteiger partial charge in [-0.2, -0.15) is 0 Å². The molecule has 0 saturated carbocycles. The Labute approximate surface area is 128 Å². The van der Waals surface area contributed by atoms with Crippen molar-refractivity contribution >= 4 is 5.91 Å². The Balaban J connectivity index is 1.64. The van der Waals surface area contributed by atoms with Crippen LogP contribution in [0, 0.1) is 13.8 Å². The number of rotatable bonds is 3. The highest BCUT2D eigenvalue weighted by Gasteiger charge is 2.24. The third-order valence-electron chi connectivity index (χ3n) is 4.20. The molecular weight excluding hydrogens is 282 g/mol. The fraction of sp³-hybridized carbons (Fsp3) is 0.375. The Bertz CT molecular complexity index is 760.